The van der Waals surface area contributed by atoms with Crippen LogP contribution in [0.15, 0.2) is 12.7 Å². The van der Waals surface area contributed by atoms with Gasteiger partial charge in [-0.05, 0) is 12.8 Å². The lowest BCUT2D eigenvalue weighted by molar-refractivity contribution is -0.0511. The van der Waals surface area contributed by atoms with E-state index in [0.717, 1.165) is 12.8 Å². The summed E-state index contributed by atoms with van der Waals surface area (Å²) in [5.74, 6) is 0.218. The number of anilines is 1. The Kier molecular flexibility index (Phi) is 5.45. The number of hydrogen-bond acceptors (Lipinski definition) is 9. The Morgan fingerprint density at radius 2 is 1.84 bits per heavy atom. The Balaban J connectivity index is 0.000000258. The molecule has 10 nitrogen and oxygen atoms in total. The van der Waals surface area contributed by atoms with Gasteiger partial charge in [0.15, 0.2) is 17.7 Å². The maximum Gasteiger partial charge on any atom is 0.167 e. The predicted molar refractivity (Wildman–Crippen MR) is 87.2 cm³/mol. The molecular formula is C15H23N5O5. The number of nitrogens with zero attached hydrogens (tertiary/aromatic N) is 4. The number of aliphatic hydroxyl groups excluding tert-OH is 4. The average Bonchev–Trinajstić information content (AvgIpc) is 3.31. The minimum Gasteiger partial charge on any atom is -0.394 e. The molecule has 4 atom stereocenters. The second-order valence-corrected chi connectivity index (χ2v) is 6.25. The molecular weight excluding hydrogens is 330 g/mol. The SMILES string of the molecule is Nc1ncnc2c1ncn2[C@@H]1O[C@H](CO)[C@@H](O)[C@H]1O.OC1CCCC1. The molecule has 2 aromatic heterocycles. The largest absolute Gasteiger partial charge is 0.394 e. The van der Waals surface area contributed by atoms with E-state index in [1.807, 2.05) is 0 Å². The lowest BCUT2D eigenvalue weighted by Gasteiger charge is -2.16. The van der Waals surface area contributed by atoms with Crippen molar-refractivity contribution in [2.24, 2.45) is 0 Å². The van der Waals surface area contributed by atoms with Crippen LogP contribution in [0.5, 0.6) is 0 Å². The Labute approximate surface area is 143 Å². The molecule has 4 rings (SSSR count). The van der Waals surface area contributed by atoms with Gasteiger partial charge < -0.3 is 30.9 Å². The fourth-order valence-corrected chi connectivity index (χ4v) is 3.07. The zero-order valence-corrected chi connectivity index (χ0v) is 13.6. The quantitative estimate of drug-likeness (QED) is 0.453. The fraction of sp³-hybridized carbons (Fsp3) is 0.667. The van der Waals surface area contributed by atoms with E-state index in [1.54, 1.807) is 0 Å². The van der Waals surface area contributed by atoms with E-state index in [-0.39, 0.29) is 11.9 Å². The first kappa shape index (κ1) is 18.0. The van der Waals surface area contributed by atoms with Crippen LogP contribution in [0.3, 0.4) is 0 Å². The number of nitrogen functional groups attached to an aromatic ring is 1. The number of fused-ring (bicyclic) bond motifs is 1. The van der Waals surface area contributed by atoms with E-state index in [4.69, 9.17) is 20.7 Å². The van der Waals surface area contributed by atoms with Crippen molar-refractivity contribution in [2.75, 3.05) is 12.3 Å². The molecule has 0 radical (unpaired) electrons. The van der Waals surface area contributed by atoms with Crippen LogP contribution in [0.1, 0.15) is 31.9 Å². The van der Waals surface area contributed by atoms with E-state index < -0.39 is 31.1 Å². The molecule has 2 aliphatic rings. The van der Waals surface area contributed by atoms with E-state index in [0.29, 0.717) is 11.2 Å². The summed E-state index contributed by atoms with van der Waals surface area (Å²) in [6.45, 7) is -0.390. The molecule has 1 aliphatic carbocycles. The first-order chi connectivity index (χ1) is 12.0. The number of rotatable bonds is 2. The van der Waals surface area contributed by atoms with Gasteiger partial charge in [0.05, 0.1) is 19.0 Å². The fourth-order valence-electron chi connectivity index (χ4n) is 3.07. The summed E-state index contributed by atoms with van der Waals surface area (Å²) >= 11 is 0. The molecule has 1 aliphatic heterocycles. The summed E-state index contributed by atoms with van der Waals surface area (Å²) in [5.41, 5.74) is 6.44. The van der Waals surface area contributed by atoms with Crippen molar-refractivity contribution in [1.82, 2.24) is 19.5 Å². The third-order valence-electron chi connectivity index (χ3n) is 4.50. The summed E-state index contributed by atoms with van der Waals surface area (Å²) in [7, 11) is 0. The number of imidazole rings is 1. The zero-order chi connectivity index (χ0) is 18.0. The predicted octanol–water partition coefficient (Wildman–Crippen LogP) is -1.06. The minimum atomic E-state index is -1.19. The Morgan fingerprint density at radius 1 is 1.12 bits per heavy atom. The van der Waals surface area contributed by atoms with Crippen molar-refractivity contribution in [3.63, 3.8) is 0 Å². The maximum atomic E-state index is 9.95. The molecule has 1 saturated heterocycles. The summed E-state index contributed by atoms with van der Waals surface area (Å²) < 4.78 is 6.85. The molecule has 0 spiro atoms. The Hall–Kier alpha value is -1.85. The van der Waals surface area contributed by atoms with Gasteiger partial charge in [-0.1, -0.05) is 12.8 Å². The Bertz CT molecular complexity index is 705. The summed E-state index contributed by atoms with van der Waals surface area (Å²) in [6, 6.07) is 0. The van der Waals surface area contributed by atoms with Crippen molar-refractivity contribution in [1.29, 1.82) is 0 Å². The highest BCUT2D eigenvalue weighted by Crippen LogP contribution is 2.31. The molecule has 0 unspecified atom stereocenters. The first-order valence-corrected chi connectivity index (χ1v) is 8.26. The average molecular weight is 353 g/mol. The topological polar surface area (TPSA) is 160 Å². The van der Waals surface area contributed by atoms with Crippen molar-refractivity contribution >= 4 is 17.0 Å². The highest BCUT2D eigenvalue weighted by atomic mass is 16.6. The van der Waals surface area contributed by atoms with Gasteiger partial charge >= 0.3 is 0 Å². The summed E-state index contributed by atoms with van der Waals surface area (Å²) in [6.07, 6.45) is 3.18. The van der Waals surface area contributed by atoms with Gasteiger partial charge in [0.2, 0.25) is 0 Å². The summed E-state index contributed by atoms with van der Waals surface area (Å²) in [5, 5.41) is 37.5. The van der Waals surface area contributed by atoms with Crippen LogP contribution in [0.25, 0.3) is 11.2 Å². The number of aliphatic hydroxyl groups is 4. The van der Waals surface area contributed by atoms with E-state index in [1.165, 1.54) is 30.1 Å². The molecule has 0 amide bonds. The summed E-state index contributed by atoms with van der Waals surface area (Å²) in [4.78, 5) is 11.9. The molecule has 2 fully saturated rings. The van der Waals surface area contributed by atoms with Crippen molar-refractivity contribution in [2.45, 2.75) is 56.3 Å². The highest BCUT2D eigenvalue weighted by molar-refractivity contribution is 5.81. The van der Waals surface area contributed by atoms with Gasteiger partial charge in [0, 0.05) is 0 Å². The van der Waals surface area contributed by atoms with Crippen LogP contribution in [-0.4, -0.2) is 71.0 Å². The van der Waals surface area contributed by atoms with Gasteiger partial charge in [0.25, 0.3) is 0 Å². The molecule has 10 heteroatoms. The molecule has 138 valence electrons. The van der Waals surface area contributed by atoms with E-state index >= 15 is 0 Å². The molecule has 3 heterocycles. The van der Waals surface area contributed by atoms with Crippen LogP contribution in [0, 0.1) is 0 Å². The van der Waals surface area contributed by atoms with Crippen molar-refractivity contribution in [3.05, 3.63) is 12.7 Å². The smallest absolute Gasteiger partial charge is 0.167 e. The van der Waals surface area contributed by atoms with Gasteiger partial charge in [0.1, 0.15) is 30.2 Å². The van der Waals surface area contributed by atoms with Crippen LogP contribution < -0.4 is 5.73 Å². The normalized spacial score (nSPS) is 29.8. The molecule has 2 aromatic rings. The number of nitrogens with two attached hydrogens (primary N) is 1. The van der Waals surface area contributed by atoms with Crippen LogP contribution in [0.4, 0.5) is 5.82 Å². The number of hydrogen-bond donors (Lipinski definition) is 5. The van der Waals surface area contributed by atoms with E-state index in [9.17, 15) is 10.2 Å². The second-order valence-electron chi connectivity index (χ2n) is 6.25. The second kappa shape index (κ2) is 7.58. The number of ether oxygens (including phenoxy) is 1. The van der Waals surface area contributed by atoms with Crippen LogP contribution in [0.2, 0.25) is 0 Å². The minimum absolute atomic E-state index is 0.0463. The third kappa shape index (κ3) is 3.58. The molecule has 1 saturated carbocycles. The monoisotopic (exact) mass is 353 g/mol. The molecule has 0 bridgehead atoms. The molecule has 25 heavy (non-hydrogen) atoms. The van der Waals surface area contributed by atoms with Crippen molar-refractivity contribution < 1.29 is 25.2 Å². The van der Waals surface area contributed by atoms with Gasteiger partial charge in [-0.3, -0.25) is 4.57 Å². The standard InChI is InChI=1S/C10H13N5O4.C5H10O/c11-8-5-9(13-2-12-8)15(3-14-5)10-7(18)6(17)4(1-16)19-10;6-5-3-1-2-4-5/h2-4,6-7,10,16-18H,1H2,(H2,11,12,13);5-6H,1-4H2/t4-,6-,7-,10-;/m1./s1. The molecule has 0 aromatic carbocycles. The lowest BCUT2D eigenvalue weighted by Crippen LogP contribution is -2.33. The van der Waals surface area contributed by atoms with Gasteiger partial charge in [-0.2, -0.15) is 0 Å². The molecule has 6 N–H and O–H groups in total. The van der Waals surface area contributed by atoms with Gasteiger partial charge in [-0.15, -0.1) is 0 Å². The highest BCUT2D eigenvalue weighted by Gasteiger charge is 2.43. The van der Waals surface area contributed by atoms with Crippen LogP contribution in [-0.2, 0) is 4.74 Å². The van der Waals surface area contributed by atoms with Crippen LogP contribution >= 0.6 is 0 Å². The van der Waals surface area contributed by atoms with Gasteiger partial charge in [-0.25, -0.2) is 15.0 Å². The Morgan fingerprint density at radius 3 is 2.40 bits per heavy atom. The maximum absolute atomic E-state index is 9.95. The van der Waals surface area contributed by atoms with Crippen molar-refractivity contribution in [3.8, 4) is 0 Å². The van der Waals surface area contributed by atoms with E-state index in [2.05, 4.69) is 15.0 Å². The lowest BCUT2D eigenvalue weighted by atomic mass is 10.1. The number of aromatic nitrogens is 4. The first-order valence-electron chi connectivity index (χ1n) is 8.26. The zero-order valence-electron chi connectivity index (χ0n) is 13.6. The third-order valence-corrected chi connectivity index (χ3v) is 4.50.